The number of carbonyl (C=O) groups excluding carboxylic acids is 1. The first kappa shape index (κ1) is 16.4. The summed E-state index contributed by atoms with van der Waals surface area (Å²) in [6, 6.07) is 0. The van der Waals surface area contributed by atoms with Crippen molar-refractivity contribution >= 4 is 21.4 Å². The molecule has 10 heteroatoms. The summed E-state index contributed by atoms with van der Waals surface area (Å²) in [5.41, 5.74) is -0.368. The standard InChI is InChI=1S/C12H18N4O5S/c1-8-11(16(18)19)9(2)15(14-8)6-10(17)13-12(3)4-5-22(20,21)7-12/h4-7H2,1-3H3,(H,13,17). The molecule has 1 fully saturated rings. The Bertz CT molecular complexity index is 739. The Kier molecular flexibility index (Phi) is 3.98. The van der Waals surface area contributed by atoms with Crippen LogP contribution in [0.4, 0.5) is 5.69 Å². The van der Waals surface area contributed by atoms with Crippen LogP contribution in [0.25, 0.3) is 0 Å². The van der Waals surface area contributed by atoms with Crippen molar-refractivity contribution in [3.63, 3.8) is 0 Å². The number of nitrogens with one attached hydrogen (secondary N) is 1. The summed E-state index contributed by atoms with van der Waals surface area (Å²) in [7, 11) is -3.12. The van der Waals surface area contributed by atoms with E-state index in [-0.39, 0.29) is 29.4 Å². The van der Waals surface area contributed by atoms with Gasteiger partial charge in [-0.3, -0.25) is 19.6 Å². The molecule has 0 bridgehead atoms. The molecule has 1 N–H and O–H groups in total. The van der Waals surface area contributed by atoms with Crippen LogP contribution in [0, 0.1) is 24.0 Å². The van der Waals surface area contributed by atoms with E-state index in [2.05, 4.69) is 10.4 Å². The predicted molar refractivity (Wildman–Crippen MR) is 78.2 cm³/mol. The lowest BCUT2D eigenvalue weighted by molar-refractivity contribution is -0.386. The molecule has 2 rings (SSSR count). The molecule has 1 aromatic rings. The molecular formula is C12H18N4O5S. The van der Waals surface area contributed by atoms with Crippen LogP contribution in [-0.4, -0.2) is 46.1 Å². The Balaban J connectivity index is 2.11. The molecule has 0 aromatic carbocycles. The quantitative estimate of drug-likeness (QED) is 0.617. The van der Waals surface area contributed by atoms with E-state index in [4.69, 9.17) is 0 Å². The van der Waals surface area contributed by atoms with Gasteiger partial charge in [-0.15, -0.1) is 0 Å². The van der Waals surface area contributed by atoms with E-state index < -0.39 is 26.2 Å². The van der Waals surface area contributed by atoms with Gasteiger partial charge in [0, 0.05) is 0 Å². The van der Waals surface area contributed by atoms with Gasteiger partial charge in [0.15, 0.2) is 9.84 Å². The highest BCUT2D eigenvalue weighted by Gasteiger charge is 2.39. The van der Waals surface area contributed by atoms with Crippen molar-refractivity contribution < 1.29 is 18.1 Å². The number of hydrogen-bond donors (Lipinski definition) is 1. The second kappa shape index (κ2) is 5.34. The van der Waals surface area contributed by atoms with Crippen LogP contribution >= 0.6 is 0 Å². The summed E-state index contributed by atoms with van der Waals surface area (Å²) < 4.78 is 24.3. The van der Waals surface area contributed by atoms with Crippen molar-refractivity contribution in [3.05, 3.63) is 21.5 Å². The molecule has 1 amide bonds. The van der Waals surface area contributed by atoms with Crippen LogP contribution in [0.3, 0.4) is 0 Å². The molecular weight excluding hydrogens is 312 g/mol. The van der Waals surface area contributed by atoms with Gasteiger partial charge in [-0.2, -0.15) is 5.10 Å². The Labute approximate surface area is 127 Å². The summed E-state index contributed by atoms with van der Waals surface area (Å²) in [6.07, 6.45) is 0.359. The van der Waals surface area contributed by atoms with Crippen LogP contribution in [-0.2, 0) is 21.2 Å². The third kappa shape index (κ3) is 3.26. The molecule has 1 aromatic heterocycles. The normalized spacial score (nSPS) is 23.4. The largest absolute Gasteiger partial charge is 0.348 e. The maximum absolute atomic E-state index is 12.1. The Morgan fingerprint density at radius 2 is 2.14 bits per heavy atom. The zero-order valence-electron chi connectivity index (χ0n) is 12.6. The zero-order valence-corrected chi connectivity index (χ0v) is 13.4. The monoisotopic (exact) mass is 330 g/mol. The molecule has 1 aliphatic rings. The number of rotatable bonds is 4. The number of nitro groups is 1. The average molecular weight is 330 g/mol. The molecule has 9 nitrogen and oxygen atoms in total. The Morgan fingerprint density at radius 3 is 2.59 bits per heavy atom. The number of nitrogens with zero attached hydrogens (tertiary/aromatic N) is 3. The summed E-state index contributed by atoms with van der Waals surface area (Å²) in [5.74, 6) is -0.460. The fourth-order valence-corrected chi connectivity index (χ4v) is 4.82. The summed E-state index contributed by atoms with van der Waals surface area (Å²) in [6.45, 7) is 4.52. The minimum absolute atomic E-state index is 0.0508. The highest BCUT2D eigenvalue weighted by Crippen LogP contribution is 2.24. The van der Waals surface area contributed by atoms with Gasteiger partial charge >= 0.3 is 5.69 Å². The molecule has 1 atom stereocenters. The maximum Gasteiger partial charge on any atom is 0.312 e. The highest BCUT2D eigenvalue weighted by atomic mass is 32.2. The van der Waals surface area contributed by atoms with E-state index in [0.29, 0.717) is 12.1 Å². The van der Waals surface area contributed by atoms with E-state index in [9.17, 15) is 23.3 Å². The summed E-state index contributed by atoms with van der Waals surface area (Å²) >= 11 is 0. The Morgan fingerprint density at radius 1 is 1.50 bits per heavy atom. The van der Waals surface area contributed by atoms with Gasteiger partial charge in [0.25, 0.3) is 0 Å². The first-order valence-corrected chi connectivity index (χ1v) is 8.55. The third-order valence-corrected chi connectivity index (χ3v) is 5.67. The fourth-order valence-electron chi connectivity index (χ4n) is 2.73. The molecule has 0 radical (unpaired) electrons. The first-order chi connectivity index (χ1) is 10.0. The van der Waals surface area contributed by atoms with Gasteiger partial charge < -0.3 is 5.32 Å². The molecule has 0 saturated carbocycles. The van der Waals surface area contributed by atoms with Gasteiger partial charge in [-0.1, -0.05) is 0 Å². The maximum atomic E-state index is 12.1. The van der Waals surface area contributed by atoms with Crippen molar-refractivity contribution in [2.24, 2.45) is 0 Å². The number of hydrogen-bond acceptors (Lipinski definition) is 6. The lowest BCUT2D eigenvalue weighted by Gasteiger charge is -2.23. The second-order valence-corrected chi connectivity index (χ2v) is 8.07. The summed E-state index contributed by atoms with van der Waals surface area (Å²) in [4.78, 5) is 22.5. The van der Waals surface area contributed by atoms with E-state index in [0.717, 1.165) is 0 Å². The molecule has 1 aliphatic heterocycles. The van der Waals surface area contributed by atoms with Crippen LogP contribution in [0.15, 0.2) is 0 Å². The Hall–Kier alpha value is -1.97. The number of sulfone groups is 1. The van der Waals surface area contributed by atoms with E-state index in [1.165, 1.54) is 18.5 Å². The number of aromatic nitrogens is 2. The topological polar surface area (TPSA) is 124 Å². The molecule has 122 valence electrons. The lowest BCUT2D eigenvalue weighted by Crippen LogP contribution is -2.48. The van der Waals surface area contributed by atoms with Crippen molar-refractivity contribution in [2.45, 2.75) is 39.3 Å². The van der Waals surface area contributed by atoms with E-state index >= 15 is 0 Å². The second-order valence-electron chi connectivity index (χ2n) is 5.89. The van der Waals surface area contributed by atoms with Gasteiger partial charge in [0.2, 0.25) is 5.91 Å². The minimum atomic E-state index is -3.12. The van der Waals surface area contributed by atoms with Crippen LogP contribution in [0.1, 0.15) is 24.7 Å². The molecule has 1 unspecified atom stereocenters. The van der Waals surface area contributed by atoms with Gasteiger partial charge in [0.05, 0.1) is 22.0 Å². The number of carbonyl (C=O) groups is 1. The van der Waals surface area contributed by atoms with Crippen molar-refractivity contribution in [1.29, 1.82) is 0 Å². The highest BCUT2D eigenvalue weighted by molar-refractivity contribution is 7.91. The number of aryl methyl sites for hydroxylation is 1. The number of amides is 1. The molecule has 22 heavy (non-hydrogen) atoms. The van der Waals surface area contributed by atoms with Crippen LogP contribution in [0.2, 0.25) is 0 Å². The lowest BCUT2D eigenvalue weighted by atomic mass is 10.0. The van der Waals surface area contributed by atoms with E-state index in [1.54, 1.807) is 6.92 Å². The third-order valence-electron chi connectivity index (χ3n) is 3.76. The smallest absolute Gasteiger partial charge is 0.312 e. The van der Waals surface area contributed by atoms with Crippen LogP contribution in [0.5, 0.6) is 0 Å². The average Bonchev–Trinajstić information content (AvgIpc) is 2.75. The zero-order chi connectivity index (χ0) is 16.7. The first-order valence-electron chi connectivity index (χ1n) is 6.73. The predicted octanol–water partition coefficient (Wildman–Crippen LogP) is 0.102. The van der Waals surface area contributed by atoms with Crippen LogP contribution < -0.4 is 5.32 Å². The van der Waals surface area contributed by atoms with Crippen molar-refractivity contribution in [1.82, 2.24) is 15.1 Å². The van der Waals surface area contributed by atoms with E-state index in [1.807, 2.05) is 0 Å². The molecule has 1 saturated heterocycles. The van der Waals surface area contributed by atoms with Gasteiger partial charge in [-0.25, -0.2) is 8.42 Å². The SMILES string of the molecule is Cc1nn(CC(=O)NC2(C)CCS(=O)(=O)C2)c(C)c1[N+](=O)[O-]. The fraction of sp³-hybridized carbons (Fsp3) is 0.667. The minimum Gasteiger partial charge on any atom is -0.348 e. The van der Waals surface area contributed by atoms with Crippen molar-refractivity contribution in [3.8, 4) is 0 Å². The van der Waals surface area contributed by atoms with Gasteiger partial charge in [-0.05, 0) is 27.2 Å². The van der Waals surface area contributed by atoms with Gasteiger partial charge in [0.1, 0.15) is 17.9 Å². The molecule has 0 aliphatic carbocycles. The van der Waals surface area contributed by atoms with Crippen molar-refractivity contribution in [2.75, 3.05) is 11.5 Å². The molecule has 0 spiro atoms. The molecule has 2 heterocycles. The summed E-state index contributed by atoms with van der Waals surface area (Å²) in [5, 5.41) is 17.6.